The standard InChI is InChI=1S/C21H18N2/c1-17-9-5-6-12-19(17)16-23-21-14-8-7-13-20(21)22-15-18-10-3-2-4-11-18/h2-16H,1H3. The smallest absolute Gasteiger partial charge is 0.0886 e. The molecule has 0 heterocycles. The molecule has 23 heavy (non-hydrogen) atoms. The molecule has 2 heteroatoms. The van der Waals surface area contributed by atoms with E-state index in [1.54, 1.807) is 0 Å². The Morgan fingerprint density at radius 2 is 1.17 bits per heavy atom. The van der Waals surface area contributed by atoms with Crippen molar-refractivity contribution in [3.63, 3.8) is 0 Å². The maximum Gasteiger partial charge on any atom is 0.0886 e. The van der Waals surface area contributed by atoms with Crippen molar-refractivity contribution in [2.75, 3.05) is 0 Å². The lowest BCUT2D eigenvalue weighted by Gasteiger charge is -2.01. The van der Waals surface area contributed by atoms with Crippen molar-refractivity contribution < 1.29 is 0 Å². The van der Waals surface area contributed by atoms with E-state index in [1.807, 2.05) is 79.2 Å². The summed E-state index contributed by atoms with van der Waals surface area (Å²) in [5.74, 6) is 0. The second-order valence-electron chi connectivity index (χ2n) is 5.27. The summed E-state index contributed by atoms with van der Waals surface area (Å²) in [4.78, 5) is 9.18. The molecule has 0 fully saturated rings. The maximum absolute atomic E-state index is 4.61. The summed E-state index contributed by atoms with van der Waals surface area (Å²) in [7, 11) is 0. The maximum atomic E-state index is 4.61. The predicted octanol–water partition coefficient (Wildman–Crippen LogP) is 5.50. The van der Waals surface area contributed by atoms with Gasteiger partial charge in [-0.05, 0) is 35.7 Å². The lowest BCUT2D eigenvalue weighted by atomic mass is 10.1. The fourth-order valence-electron chi connectivity index (χ4n) is 2.24. The van der Waals surface area contributed by atoms with Crippen LogP contribution in [0.2, 0.25) is 0 Å². The number of benzene rings is 3. The molecule has 0 radical (unpaired) electrons. The van der Waals surface area contributed by atoms with Gasteiger partial charge in [0.05, 0.1) is 11.4 Å². The predicted molar refractivity (Wildman–Crippen MR) is 98.6 cm³/mol. The lowest BCUT2D eigenvalue weighted by molar-refractivity contribution is 1.42. The second-order valence-corrected chi connectivity index (χ2v) is 5.27. The van der Waals surface area contributed by atoms with E-state index in [-0.39, 0.29) is 0 Å². The summed E-state index contributed by atoms with van der Waals surface area (Å²) >= 11 is 0. The van der Waals surface area contributed by atoms with E-state index in [0.717, 1.165) is 22.5 Å². The molecule has 3 aromatic carbocycles. The Balaban J connectivity index is 1.87. The zero-order chi connectivity index (χ0) is 15.9. The molecule has 0 spiro atoms. The zero-order valence-electron chi connectivity index (χ0n) is 13.1. The van der Waals surface area contributed by atoms with E-state index in [0.29, 0.717) is 0 Å². The summed E-state index contributed by atoms with van der Waals surface area (Å²) < 4.78 is 0. The number of aryl methyl sites for hydroxylation is 1. The molecule has 0 atom stereocenters. The van der Waals surface area contributed by atoms with Gasteiger partial charge in [0.2, 0.25) is 0 Å². The number of hydrogen-bond acceptors (Lipinski definition) is 2. The van der Waals surface area contributed by atoms with E-state index < -0.39 is 0 Å². The van der Waals surface area contributed by atoms with Gasteiger partial charge in [-0.1, -0.05) is 66.7 Å². The number of aliphatic imine (C=N–C) groups is 2. The topological polar surface area (TPSA) is 24.7 Å². The van der Waals surface area contributed by atoms with Crippen LogP contribution in [-0.4, -0.2) is 12.4 Å². The molecule has 0 bridgehead atoms. The first-order chi connectivity index (χ1) is 11.3. The third kappa shape index (κ3) is 4.01. The van der Waals surface area contributed by atoms with Crippen LogP contribution in [0.15, 0.2) is 88.8 Å². The van der Waals surface area contributed by atoms with Crippen molar-refractivity contribution in [2.24, 2.45) is 9.98 Å². The summed E-state index contributed by atoms with van der Waals surface area (Å²) in [6, 6.07) is 26.2. The van der Waals surface area contributed by atoms with Gasteiger partial charge < -0.3 is 0 Å². The molecule has 0 N–H and O–H groups in total. The fraction of sp³-hybridized carbons (Fsp3) is 0.0476. The van der Waals surface area contributed by atoms with Gasteiger partial charge in [-0.2, -0.15) is 0 Å². The van der Waals surface area contributed by atoms with Gasteiger partial charge in [0, 0.05) is 12.4 Å². The van der Waals surface area contributed by atoms with Gasteiger partial charge in [0.15, 0.2) is 0 Å². The van der Waals surface area contributed by atoms with Crippen molar-refractivity contribution >= 4 is 23.8 Å². The first-order valence-electron chi connectivity index (χ1n) is 7.61. The highest BCUT2D eigenvalue weighted by atomic mass is 14.8. The minimum absolute atomic E-state index is 0.862. The highest BCUT2D eigenvalue weighted by Crippen LogP contribution is 2.27. The molecular weight excluding hydrogens is 280 g/mol. The Labute approximate surface area is 136 Å². The Kier molecular flexibility index (Phi) is 4.75. The van der Waals surface area contributed by atoms with Crippen molar-refractivity contribution in [1.82, 2.24) is 0 Å². The molecule has 0 aliphatic carbocycles. The average molecular weight is 298 g/mol. The molecule has 0 aliphatic rings. The third-order valence-electron chi connectivity index (χ3n) is 3.57. The summed E-state index contributed by atoms with van der Waals surface area (Å²) in [6.45, 7) is 2.08. The van der Waals surface area contributed by atoms with Crippen molar-refractivity contribution in [3.8, 4) is 0 Å². The molecule has 0 unspecified atom stereocenters. The van der Waals surface area contributed by atoms with Crippen LogP contribution in [0.4, 0.5) is 11.4 Å². The largest absolute Gasteiger partial charge is 0.254 e. The summed E-state index contributed by atoms with van der Waals surface area (Å²) in [6.07, 6.45) is 3.76. The number of hydrogen-bond donors (Lipinski definition) is 0. The van der Waals surface area contributed by atoms with Gasteiger partial charge >= 0.3 is 0 Å². The molecule has 0 aliphatic heterocycles. The Bertz CT molecular complexity index is 833. The van der Waals surface area contributed by atoms with Gasteiger partial charge in [0.1, 0.15) is 0 Å². The number of nitrogens with zero attached hydrogens (tertiary/aromatic N) is 2. The van der Waals surface area contributed by atoms with Crippen LogP contribution < -0.4 is 0 Å². The zero-order valence-corrected chi connectivity index (χ0v) is 13.1. The lowest BCUT2D eigenvalue weighted by Crippen LogP contribution is -1.85. The minimum Gasteiger partial charge on any atom is -0.254 e. The van der Waals surface area contributed by atoms with E-state index in [4.69, 9.17) is 0 Å². The minimum atomic E-state index is 0.862. The SMILES string of the molecule is Cc1ccccc1C=Nc1ccccc1N=Cc1ccccc1. The fourth-order valence-corrected chi connectivity index (χ4v) is 2.24. The Hall–Kier alpha value is -3.00. The molecule has 2 nitrogen and oxygen atoms in total. The normalized spacial score (nSPS) is 11.3. The average Bonchev–Trinajstić information content (AvgIpc) is 2.61. The molecule has 0 saturated carbocycles. The number of para-hydroxylation sites is 2. The summed E-state index contributed by atoms with van der Waals surface area (Å²) in [5, 5.41) is 0. The van der Waals surface area contributed by atoms with E-state index >= 15 is 0 Å². The van der Waals surface area contributed by atoms with Crippen LogP contribution in [0.5, 0.6) is 0 Å². The molecule has 112 valence electrons. The molecular formula is C21H18N2. The molecule has 3 rings (SSSR count). The van der Waals surface area contributed by atoms with Crippen molar-refractivity contribution in [1.29, 1.82) is 0 Å². The quantitative estimate of drug-likeness (QED) is 0.568. The van der Waals surface area contributed by atoms with Crippen LogP contribution in [0, 0.1) is 6.92 Å². The van der Waals surface area contributed by atoms with E-state index in [9.17, 15) is 0 Å². The molecule has 0 saturated heterocycles. The Morgan fingerprint density at radius 3 is 1.87 bits per heavy atom. The Morgan fingerprint density at radius 1 is 0.609 bits per heavy atom. The highest BCUT2D eigenvalue weighted by molar-refractivity contribution is 5.87. The van der Waals surface area contributed by atoms with Crippen LogP contribution in [-0.2, 0) is 0 Å². The van der Waals surface area contributed by atoms with Gasteiger partial charge in [0.25, 0.3) is 0 Å². The highest BCUT2D eigenvalue weighted by Gasteiger charge is 1.98. The monoisotopic (exact) mass is 298 g/mol. The molecule has 0 amide bonds. The van der Waals surface area contributed by atoms with E-state index in [1.165, 1.54) is 5.56 Å². The van der Waals surface area contributed by atoms with E-state index in [2.05, 4.69) is 29.0 Å². The number of rotatable bonds is 4. The first kappa shape index (κ1) is 14.9. The van der Waals surface area contributed by atoms with Gasteiger partial charge in [-0.25, -0.2) is 0 Å². The van der Waals surface area contributed by atoms with Crippen LogP contribution in [0.25, 0.3) is 0 Å². The second kappa shape index (κ2) is 7.32. The van der Waals surface area contributed by atoms with Crippen LogP contribution >= 0.6 is 0 Å². The van der Waals surface area contributed by atoms with Gasteiger partial charge in [-0.3, -0.25) is 9.98 Å². The van der Waals surface area contributed by atoms with Crippen LogP contribution in [0.3, 0.4) is 0 Å². The molecule has 3 aromatic rings. The van der Waals surface area contributed by atoms with Crippen molar-refractivity contribution in [3.05, 3.63) is 95.6 Å². The third-order valence-corrected chi connectivity index (χ3v) is 3.57. The van der Waals surface area contributed by atoms with Gasteiger partial charge in [-0.15, -0.1) is 0 Å². The first-order valence-corrected chi connectivity index (χ1v) is 7.61. The van der Waals surface area contributed by atoms with Crippen LogP contribution in [0.1, 0.15) is 16.7 Å². The molecule has 0 aromatic heterocycles. The summed E-state index contributed by atoms with van der Waals surface area (Å²) in [5.41, 5.74) is 5.13. The van der Waals surface area contributed by atoms with Crippen molar-refractivity contribution in [2.45, 2.75) is 6.92 Å².